The Bertz CT molecular complexity index is 876. The second kappa shape index (κ2) is 7.72. The molecule has 6 heteroatoms. The van der Waals surface area contributed by atoms with Crippen molar-refractivity contribution < 1.29 is 14.0 Å². The molecule has 25 heavy (non-hydrogen) atoms. The van der Waals surface area contributed by atoms with Gasteiger partial charge in [-0.2, -0.15) is 0 Å². The number of carbonyl (C=O) groups is 2. The SMILES string of the molecule is O=C(Cc1ccc(F)cc1)NNC(=O)c1sccc1-c1ccccc1. The summed E-state index contributed by atoms with van der Waals surface area (Å²) in [5, 5.41) is 1.83. The average Bonchev–Trinajstić information content (AvgIpc) is 3.12. The monoisotopic (exact) mass is 354 g/mol. The molecule has 0 spiro atoms. The predicted octanol–water partition coefficient (Wildman–Crippen LogP) is 3.56. The van der Waals surface area contributed by atoms with Crippen molar-refractivity contribution in [1.82, 2.24) is 10.9 Å². The highest BCUT2D eigenvalue weighted by atomic mass is 32.1. The minimum atomic E-state index is -0.377. The third-order valence-electron chi connectivity index (χ3n) is 3.55. The van der Waals surface area contributed by atoms with Crippen molar-refractivity contribution in [3.8, 4) is 11.1 Å². The zero-order valence-corrected chi connectivity index (χ0v) is 14.0. The summed E-state index contributed by atoms with van der Waals surface area (Å²) in [5.41, 5.74) is 7.23. The normalized spacial score (nSPS) is 10.3. The Morgan fingerprint density at radius 3 is 2.36 bits per heavy atom. The maximum atomic E-state index is 12.9. The lowest BCUT2D eigenvalue weighted by Crippen LogP contribution is -2.42. The number of hydrogen-bond acceptors (Lipinski definition) is 3. The lowest BCUT2D eigenvalue weighted by molar-refractivity contribution is -0.121. The number of thiophene rings is 1. The van der Waals surface area contributed by atoms with Gasteiger partial charge in [-0.1, -0.05) is 42.5 Å². The summed E-state index contributed by atoms with van der Waals surface area (Å²) in [6, 6.07) is 17.1. The van der Waals surface area contributed by atoms with E-state index >= 15 is 0 Å². The first-order valence-electron chi connectivity index (χ1n) is 7.60. The molecule has 3 rings (SSSR count). The van der Waals surface area contributed by atoms with Gasteiger partial charge in [-0.3, -0.25) is 20.4 Å². The van der Waals surface area contributed by atoms with Gasteiger partial charge < -0.3 is 0 Å². The molecule has 0 unspecified atom stereocenters. The number of halogens is 1. The Kier molecular flexibility index (Phi) is 5.20. The van der Waals surface area contributed by atoms with Crippen LogP contribution < -0.4 is 10.9 Å². The van der Waals surface area contributed by atoms with Gasteiger partial charge in [0.2, 0.25) is 5.91 Å². The van der Waals surface area contributed by atoms with Crippen LogP contribution in [0.3, 0.4) is 0 Å². The van der Waals surface area contributed by atoms with Crippen LogP contribution in [0.25, 0.3) is 11.1 Å². The molecule has 126 valence electrons. The molecular formula is C19H15FN2O2S. The highest BCUT2D eigenvalue weighted by Gasteiger charge is 2.15. The summed E-state index contributed by atoms with van der Waals surface area (Å²) in [6.45, 7) is 0. The van der Waals surface area contributed by atoms with Crippen LogP contribution in [0.2, 0.25) is 0 Å². The lowest BCUT2D eigenvalue weighted by atomic mass is 10.1. The van der Waals surface area contributed by atoms with E-state index in [-0.39, 0.29) is 24.1 Å². The van der Waals surface area contributed by atoms with Gasteiger partial charge in [-0.25, -0.2) is 4.39 Å². The summed E-state index contributed by atoms with van der Waals surface area (Å²) in [6.07, 6.45) is 0.0521. The van der Waals surface area contributed by atoms with Gasteiger partial charge in [-0.15, -0.1) is 11.3 Å². The van der Waals surface area contributed by atoms with Crippen LogP contribution in [0.15, 0.2) is 66.0 Å². The van der Waals surface area contributed by atoms with E-state index in [1.165, 1.54) is 35.6 Å². The van der Waals surface area contributed by atoms with Crippen LogP contribution in [0, 0.1) is 5.82 Å². The van der Waals surface area contributed by atoms with Crippen LogP contribution in [0.4, 0.5) is 4.39 Å². The van der Waals surface area contributed by atoms with Crippen molar-refractivity contribution in [2.75, 3.05) is 0 Å². The smallest absolute Gasteiger partial charge is 0.273 e. The largest absolute Gasteiger partial charge is 0.280 e. The average molecular weight is 354 g/mol. The molecule has 0 saturated carbocycles. The zero-order valence-electron chi connectivity index (χ0n) is 13.2. The van der Waals surface area contributed by atoms with E-state index in [4.69, 9.17) is 0 Å². The van der Waals surface area contributed by atoms with Crippen molar-refractivity contribution in [3.63, 3.8) is 0 Å². The number of benzene rings is 2. The van der Waals surface area contributed by atoms with Crippen LogP contribution in [0.1, 0.15) is 15.2 Å². The first-order valence-corrected chi connectivity index (χ1v) is 8.48. The second-order valence-corrected chi connectivity index (χ2v) is 6.25. The standard InChI is InChI=1S/C19H15FN2O2S/c20-15-8-6-13(7-9-15)12-17(23)21-22-19(24)18-16(10-11-25-18)14-4-2-1-3-5-14/h1-11H,12H2,(H,21,23)(H,22,24). The van der Waals surface area contributed by atoms with E-state index < -0.39 is 0 Å². The Morgan fingerprint density at radius 2 is 1.64 bits per heavy atom. The number of carbonyl (C=O) groups excluding carboxylic acids is 2. The number of hydrogen-bond donors (Lipinski definition) is 2. The lowest BCUT2D eigenvalue weighted by Gasteiger charge is -2.08. The number of nitrogens with one attached hydrogen (secondary N) is 2. The summed E-state index contributed by atoms with van der Waals surface area (Å²) >= 11 is 1.30. The van der Waals surface area contributed by atoms with Crippen molar-refractivity contribution in [3.05, 3.63) is 82.3 Å². The van der Waals surface area contributed by atoms with Gasteiger partial charge in [0.05, 0.1) is 6.42 Å². The van der Waals surface area contributed by atoms with Gasteiger partial charge in [-0.05, 0) is 34.7 Å². The maximum Gasteiger partial charge on any atom is 0.280 e. The Hall–Kier alpha value is -2.99. The zero-order chi connectivity index (χ0) is 17.6. The highest BCUT2D eigenvalue weighted by Crippen LogP contribution is 2.27. The fraction of sp³-hybridized carbons (Fsp3) is 0.0526. The third kappa shape index (κ3) is 4.30. The second-order valence-electron chi connectivity index (χ2n) is 5.33. The Balaban J connectivity index is 1.61. The minimum Gasteiger partial charge on any atom is -0.273 e. The molecular weight excluding hydrogens is 339 g/mol. The van der Waals surface area contributed by atoms with Crippen LogP contribution in [-0.2, 0) is 11.2 Å². The number of rotatable bonds is 4. The Labute approximate surface area is 148 Å². The molecule has 3 aromatic rings. The van der Waals surface area contributed by atoms with E-state index in [1.807, 2.05) is 41.8 Å². The van der Waals surface area contributed by atoms with E-state index in [0.717, 1.165) is 11.1 Å². The molecule has 0 bridgehead atoms. The van der Waals surface area contributed by atoms with Crippen LogP contribution in [0.5, 0.6) is 0 Å². The third-order valence-corrected chi connectivity index (χ3v) is 4.46. The van der Waals surface area contributed by atoms with Crippen LogP contribution >= 0.6 is 11.3 Å². The summed E-state index contributed by atoms with van der Waals surface area (Å²) < 4.78 is 12.9. The fourth-order valence-corrected chi connectivity index (χ4v) is 3.16. The van der Waals surface area contributed by atoms with E-state index in [2.05, 4.69) is 10.9 Å². The van der Waals surface area contributed by atoms with Gasteiger partial charge in [0.15, 0.2) is 0 Å². The molecule has 1 heterocycles. The molecule has 2 N–H and O–H groups in total. The molecule has 0 aliphatic heterocycles. The summed E-state index contributed by atoms with van der Waals surface area (Å²) in [7, 11) is 0. The molecule has 0 radical (unpaired) electrons. The minimum absolute atomic E-state index is 0.0521. The molecule has 0 atom stereocenters. The molecule has 4 nitrogen and oxygen atoms in total. The molecule has 0 fully saturated rings. The number of amides is 2. The molecule has 0 saturated heterocycles. The quantitative estimate of drug-likeness (QED) is 0.704. The van der Waals surface area contributed by atoms with Gasteiger partial charge in [0, 0.05) is 5.56 Å². The van der Waals surface area contributed by atoms with Crippen LogP contribution in [-0.4, -0.2) is 11.8 Å². The predicted molar refractivity (Wildman–Crippen MR) is 95.5 cm³/mol. The van der Waals surface area contributed by atoms with Crippen molar-refractivity contribution >= 4 is 23.2 Å². The van der Waals surface area contributed by atoms with E-state index in [0.29, 0.717) is 10.4 Å². The number of hydrazine groups is 1. The first-order chi connectivity index (χ1) is 12.1. The molecule has 1 aromatic heterocycles. The van der Waals surface area contributed by atoms with Gasteiger partial charge in [0.25, 0.3) is 5.91 Å². The van der Waals surface area contributed by atoms with Gasteiger partial charge in [0.1, 0.15) is 10.7 Å². The highest BCUT2D eigenvalue weighted by molar-refractivity contribution is 7.12. The molecule has 0 aliphatic rings. The first kappa shape index (κ1) is 16.9. The summed E-state index contributed by atoms with van der Waals surface area (Å²) in [4.78, 5) is 24.8. The van der Waals surface area contributed by atoms with Gasteiger partial charge >= 0.3 is 0 Å². The van der Waals surface area contributed by atoms with E-state index in [9.17, 15) is 14.0 Å². The van der Waals surface area contributed by atoms with Crippen molar-refractivity contribution in [2.24, 2.45) is 0 Å². The topological polar surface area (TPSA) is 58.2 Å². The summed E-state index contributed by atoms with van der Waals surface area (Å²) in [5.74, 6) is -1.11. The van der Waals surface area contributed by atoms with Crippen molar-refractivity contribution in [2.45, 2.75) is 6.42 Å². The molecule has 2 amide bonds. The van der Waals surface area contributed by atoms with Crippen molar-refractivity contribution in [1.29, 1.82) is 0 Å². The molecule has 2 aromatic carbocycles. The Morgan fingerprint density at radius 1 is 0.920 bits per heavy atom. The van der Waals surface area contributed by atoms with E-state index in [1.54, 1.807) is 0 Å². The molecule has 0 aliphatic carbocycles. The maximum absolute atomic E-state index is 12.9. The fourth-order valence-electron chi connectivity index (χ4n) is 2.35.